The number of hydrogen-bond acceptors (Lipinski definition) is 4. The van der Waals surface area contributed by atoms with E-state index in [0.29, 0.717) is 35.4 Å². The Morgan fingerprint density at radius 3 is 2.50 bits per heavy atom. The van der Waals surface area contributed by atoms with Crippen molar-refractivity contribution in [2.24, 2.45) is 52.3 Å². The summed E-state index contributed by atoms with van der Waals surface area (Å²) in [5.74, 6) is 2.57. The molecule has 36 heavy (non-hydrogen) atoms. The first-order chi connectivity index (χ1) is 17.2. The highest BCUT2D eigenvalue weighted by molar-refractivity contribution is 5.86. The van der Waals surface area contributed by atoms with Crippen LogP contribution in [0, 0.1) is 52.3 Å². The smallest absolute Gasteiger partial charge is 0.303 e. The van der Waals surface area contributed by atoms with Gasteiger partial charge in [-0.25, -0.2) is 0 Å². The Balaban J connectivity index is 1.34. The Hall–Kier alpha value is -0.940. The van der Waals surface area contributed by atoms with E-state index in [9.17, 15) is 14.7 Å². The van der Waals surface area contributed by atoms with Crippen LogP contribution in [0.5, 0.6) is 0 Å². The van der Waals surface area contributed by atoms with Crippen molar-refractivity contribution in [1.82, 2.24) is 0 Å². The predicted octanol–water partition coefficient (Wildman–Crippen LogP) is 6.87. The third kappa shape index (κ3) is 4.48. The molecule has 0 radical (unpaired) electrons. The first-order valence-corrected chi connectivity index (χ1v) is 15.2. The average molecular weight is 503 g/mol. The summed E-state index contributed by atoms with van der Waals surface area (Å²) in [6, 6.07) is 0. The lowest BCUT2D eigenvalue weighted by Gasteiger charge is -2.62. The molecule has 0 aromatic carbocycles. The molecule has 0 amide bonds. The lowest BCUT2D eigenvalue weighted by molar-refractivity contribution is -0.216. The van der Waals surface area contributed by atoms with E-state index in [0.717, 1.165) is 64.4 Å². The lowest BCUT2D eigenvalue weighted by atomic mass is 9.42. The molecule has 5 nitrogen and oxygen atoms in total. The number of carboxylic acids is 1. The van der Waals surface area contributed by atoms with Crippen LogP contribution >= 0.6 is 0 Å². The molecule has 204 valence electrons. The highest BCUT2D eigenvalue weighted by Crippen LogP contribution is 2.68. The molecule has 5 heteroatoms. The molecule has 5 rings (SSSR count). The Morgan fingerprint density at radius 1 is 1.06 bits per heavy atom. The number of aliphatic carboxylic acids is 1. The second kappa shape index (κ2) is 10.3. The number of hydrogen-bond donors (Lipinski definition) is 1. The molecule has 1 N–H and O–H groups in total. The van der Waals surface area contributed by atoms with Gasteiger partial charge < -0.3 is 14.6 Å². The summed E-state index contributed by atoms with van der Waals surface area (Å²) in [5, 5.41) is 9.24. The minimum Gasteiger partial charge on any atom is -0.481 e. The molecule has 5 aliphatic rings. The van der Waals surface area contributed by atoms with Gasteiger partial charge in [0.1, 0.15) is 5.78 Å². The number of fused-ring (bicyclic) bond motifs is 5. The summed E-state index contributed by atoms with van der Waals surface area (Å²) in [4.78, 5) is 25.5. The van der Waals surface area contributed by atoms with Crippen molar-refractivity contribution in [3.8, 4) is 0 Å². The zero-order valence-electron chi connectivity index (χ0n) is 23.2. The molecule has 1 saturated heterocycles. The largest absolute Gasteiger partial charge is 0.481 e. The topological polar surface area (TPSA) is 72.8 Å². The monoisotopic (exact) mass is 502 g/mol. The molecule has 5 fully saturated rings. The molecule has 0 bridgehead atoms. The Kier molecular flexibility index (Phi) is 7.64. The zero-order chi connectivity index (χ0) is 25.7. The summed E-state index contributed by atoms with van der Waals surface area (Å²) in [5.41, 5.74) is 0.399. The fourth-order valence-corrected chi connectivity index (χ4v) is 10.3. The number of carboxylic acid groups (broad SMARTS) is 1. The van der Waals surface area contributed by atoms with Gasteiger partial charge in [-0.3, -0.25) is 9.59 Å². The minimum atomic E-state index is -0.688. The van der Waals surface area contributed by atoms with Gasteiger partial charge in [-0.15, -0.1) is 0 Å². The average Bonchev–Trinajstić information content (AvgIpc) is 3.21. The Morgan fingerprint density at radius 2 is 1.81 bits per heavy atom. The number of Topliss-reactive ketones (excluding diaryl/α,β-unsaturated/α-hetero) is 1. The van der Waals surface area contributed by atoms with Crippen molar-refractivity contribution in [1.29, 1.82) is 0 Å². The van der Waals surface area contributed by atoms with Crippen LogP contribution in [0.4, 0.5) is 0 Å². The zero-order valence-corrected chi connectivity index (χ0v) is 23.2. The van der Waals surface area contributed by atoms with E-state index >= 15 is 0 Å². The van der Waals surface area contributed by atoms with E-state index < -0.39 is 5.97 Å². The van der Waals surface area contributed by atoms with Crippen LogP contribution in [0.25, 0.3) is 0 Å². The van der Waals surface area contributed by atoms with Crippen LogP contribution in [0.1, 0.15) is 111 Å². The second-order valence-corrected chi connectivity index (χ2v) is 13.7. The second-order valence-electron chi connectivity index (χ2n) is 13.7. The van der Waals surface area contributed by atoms with Gasteiger partial charge >= 0.3 is 5.97 Å². The van der Waals surface area contributed by atoms with Gasteiger partial charge in [0.2, 0.25) is 0 Å². The van der Waals surface area contributed by atoms with Crippen molar-refractivity contribution in [3.05, 3.63) is 0 Å². The van der Waals surface area contributed by atoms with E-state index in [1.807, 2.05) is 0 Å². The highest BCUT2D eigenvalue weighted by Gasteiger charge is 2.65. The van der Waals surface area contributed by atoms with Crippen LogP contribution < -0.4 is 0 Å². The number of ketones is 1. The fraction of sp³-hybridized carbons (Fsp3) is 0.935. The van der Waals surface area contributed by atoms with Crippen molar-refractivity contribution < 1.29 is 24.2 Å². The molecule has 0 spiro atoms. The van der Waals surface area contributed by atoms with Gasteiger partial charge in [0.15, 0.2) is 6.29 Å². The van der Waals surface area contributed by atoms with Gasteiger partial charge in [-0.2, -0.15) is 0 Å². The summed E-state index contributed by atoms with van der Waals surface area (Å²) >= 11 is 0. The molecule has 4 saturated carbocycles. The quantitative estimate of drug-likeness (QED) is 0.384. The molecular formula is C31H50O5. The number of carbonyl (C=O) groups excluding carboxylic acids is 1. The third-order valence-corrected chi connectivity index (χ3v) is 12.2. The van der Waals surface area contributed by atoms with Gasteiger partial charge in [0.25, 0.3) is 0 Å². The molecule has 0 aromatic heterocycles. The molecule has 11 atom stereocenters. The number of ether oxygens (including phenoxy) is 2. The van der Waals surface area contributed by atoms with Crippen LogP contribution in [-0.2, 0) is 19.1 Å². The molecule has 0 aromatic rings. The van der Waals surface area contributed by atoms with Crippen molar-refractivity contribution in [2.45, 2.75) is 124 Å². The molecule has 5 unspecified atom stereocenters. The van der Waals surface area contributed by atoms with E-state index in [1.165, 1.54) is 19.3 Å². The van der Waals surface area contributed by atoms with E-state index in [1.54, 1.807) is 0 Å². The summed E-state index contributed by atoms with van der Waals surface area (Å²) < 4.78 is 12.4. The number of rotatable bonds is 7. The maximum Gasteiger partial charge on any atom is 0.303 e. The SMILES string of the molecule is CC[C@H]1C(=O)C2C3CCC([C@H](C)CCC(=O)O)[C@@]3(C)CCC2[C@@]2(C)CC[C@@H](OC3CCCCO3)C[C@@H]12. The first kappa shape index (κ1) is 26.7. The summed E-state index contributed by atoms with van der Waals surface area (Å²) in [7, 11) is 0. The van der Waals surface area contributed by atoms with Crippen LogP contribution in [-0.4, -0.2) is 35.9 Å². The lowest BCUT2D eigenvalue weighted by Crippen LogP contribution is -2.61. The molecule has 4 aliphatic carbocycles. The summed E-state index contributed by atoms with van der Waals surface area (Å²) in [6.45, 7) is 10.3. The van der Waals surface area contributed by atoms with Crippen molar-refractivity contribution in [2.75, 3.05) is 6.61 Å². The molecule has 1 heterocycles. The van der Waals surface area contributed by atoms with Crippen molar-refractivity contribution >= 4 is 11.8 Å². The first-order valence-electron chi connectivity index (χ1n) is 15.2. The van der Waals surface area contributed by atoms with Crippen molar-refractivity contribution in [3.63, 3.8) is 0 Å². The predicted molar refractivity (Wildman–Crippen MR) is 139 cm³/mol. The Labute approximate surface area is 218 Å². The van der Waals surface area contributed by atoms with Crippen LogP contribution in [0.15, 0.2) is 0 Å². The fourth-order valence-electron chi connectivity index (χ4n) is 10.3. The van der Waals surface area contributed by atoms with Gasteiger partial charge in [-0.05, 0) is 117 Å². The standard InChI is InChI=1S/C31H50O5/c1-5-21-25-18-20(36-27-8-6-7-17-35-27)13-15-31(25,4)24-14-16-30(3)22(19(2)9-12-26(32)33)10-11-23(30)28(24)29(21)34/h19-25,27-28H,5-18H2,1-4H3,(H,32,33)/t19-,20-,21-,22?,23?,24?,25+,27?,28?,30-,31-/m1/s1. The third-order valence-electron chi connectivity index (χ3n) is 12.2. The van der Waals surface area contributed by atoms with Crippen LogP contribution in [0.3, 0.4) is 0 Å². The van der Waals surface area contributed by atoms with Gasteiger partial charge in [0.05, 0.1) is 6.10 Å². The highest BCUT2D eigenvalue weighted by atomic mass is 16.7. The Bertz CT molecular complexity index is 820. The number of carbonyl (C=O) groups is 2. The van der Waals surface area contributed by atoms with Gasteiger partial charge in [-0.1, -0.05) is 27.7 Å². The van der Waals surface area contributed by atoms with E-state index in [4.69, 9.17) is 9.47 Å². The normalized spacial score (nSPS) is 47.5. The van der Waals surface area contributed by atoms with Gasteiger partial charge in [0, 0.05) is 24.9 Å². The van der Waals surface area contributed by atoms with Crippen LogP contribution in [0.2, 0.25) is 0 Å². The van der Waals surface area contributed by atoms with E-state index in [2.05, 4.69) is 27.7 Å². The maximum atomic E-state index is 14.3. The molecular weight excluding hydrogens is 452 g/mol. The maximum absolute atomic E-state index is 14.3. The van der Waals surface area contributed by atoms with E-state index in [-0.39, 0.29) is 41.5 Å². The minimum absolute atomic E-state index is 0.0471. The molecule has 1 aliphatic heterocycles. The summed E-state index contributed by atoms with van der Waals surface area (Å²) in [6.07, 6.45) is 13.4.